The molecule has 2 nitrogen and oxygen atoms in total. The van der Waals surface area contributed by atoms with Crippen LogP contribution in [0, 0.1) is 0 Å². The van der Waals surface area contributed by atoms with Crippen molar-refractivity contribution in [1.29, 1.82) is 0 Å². The Hall–Kier alpha value is -0.860. The van der Waals surface area contributed by atoms with Crippen molar-refractivity contribution < 1.29 is 9.18 Å². The quantitative estimate of drug-likeness (QED) is 0.527. The molecule has 0 aromatic heterocycles. The van der Waals surface area contributed by atoms with Gasteiger partial charge in [-0.25, -0.2) is 4.39 Å². The molecule has 0 saturated carbocycles. The lowest BCUT2D eigenvalue weighted by Gasteiger charge is -1.94. The van der Waals surface area contributed by atoms with Gasteiger partial charge in [-0.3, -0.25) is 4.79 Å². The predicted octanol–water partition coefficient (Wildman–Crippen LogP) is 0.606. The first-order chi connectivity index (χ1) is 3.68. The topological polar surface area (TPSA) is 29.1 Å². The second kappa shape index (κ2) is 3.18. The monoisotopic (exact) mass is 117 g/mol. The van der Waals surface area contributed by atoms with Crippen molar-refractivity contribution >= 4 is 5.91 Å². The Balaban J connectivity index is 3.49. The van der Waals surface area contributed by atoms with Gasteiger partial charge in [-0.15, -0.1) is 0 Å². The first-order valence-corrected chi connectivity index (χ1v) is 2.31. The van der Waals surface area contributed by atoms with E-state index in [9.17, 15) is 9.18 Å². The molecule has 0 aliphatic carbocycles. The summed E-state index contributed by atoms with van der Waals surface area (Å²) in [7, 11) is 0. The average molecular weight is 117 g/mol. The van der Waals surface area contributed by atoms with E-state index >= 15 is 0 Å². The molecule has 0 spiro atoms. The van der Waals surface area contributed by atoms with Gasteiger partial charge in [0.05, 0.1) is 0 Å². The van der Waals surface area contributed by atoms with E-state index in [1.54, 1.807) is 6.92 Å². The van der Waals surface area contributed by atoms with E-state index < -0.39 is 11.7 Å². The summed E-state index contributed by atoms with van der Waals surface area (Å²) in [6.07, 6.45) is 0. The van der Waals surface area contributed by atoms with E-state index in [2.05, 4.69) is 11.9 Å². The van der Waals surface area contributed by atoms with Crippen LogP contribution < -0.4 is 5.32 Å². The Morgan fingerprint density at radius 2 is 2.38 bits per heavy atom. The maximum Gasteiger partial charge on any atom is 0.279 e. The van der Waals surface area contributed by atoms with Crippen LogP contribution in [0.3, 0.4) is 0 Å². The van der Waals surface area contributed by atoms with Crippen LogP contribution in [0.15, 0.2) is 12.4 Å². The van der Waals surface area contributed by atoms with Crippen LogP contribution in [0.4, 0.5) is 4.39 Å². The lowest BCUT2D eigenvalue weighted by molar-refractivity contribution is -0.118. The van der Waals surface area contributed by atoms with Crippen LogP contribution in [0.25, 0.3) is 0 Å². The van der Waals surface area contributed by atoms with Gasteiger partial charge in [0.1, 0.15) is 0 Å². The zero-order valence-corrected chi connectivity index (χ0v) is 4.70. The first-order valence-electron chi connectivity index (χ1n) is 2.31. The molecule has 0 radical (unpaired) electrons. The Bertz CT molecular complexity index is 111. The lowest BCUT2D eigenvalue weighted by atomic mass is 10.5. The molecule has 0 rings (SSSR count). The average Bonchev–Trinajstić information content (AvgIpc) is 1.67. The van der Waals surface area contributed by atoms with Gasteiger partial charge in [0, 0.05) is 6.54 Å². The predicted molar refractivity (Wildman–Crippen MR) is 28.9 cm³/mol. The van der Waals surface area contributed by atoms with Gasteiger partial charge in [0.2, 0.25) is 0 Å². The fourth-order valence-corrected chi connectivity index (χ4v) is 0.256. The van der Waals surface area contributed by atoms with E-state index in [1.807, 2.05) is 0 Å². The number of likely N-dealkylation sites (N-methyl/N-ethyl adjacent to an activating group) is 1. The summed E-state index contributed by atoms with van der Waals surface area (Å²) < 4.78 is 11.7. The Morgan fingerprint density at radius 3 is 2.50 bits per heavy atom. The van der Waals surface area contributed by atoms with E-state index in [0.717, 1.165) is 0 Å². The fraction of sp³-hybridized carbons (Fsp3) is 0.400. The fourth-order valence-electron chi connectivity index (χ4n) is 0.256. The van der Waals surface area contributed by atoms with Gasteiger partial charge in [0.15, 0.2) is 5.83 Å². The third kappa shape index (κ3) is 2.34. The maximum absolute atomic E-state index is 11.7. The van der Waals surface area contributed by atoms with Crippen LogP contribution in [-0.4, -0.2) is 12.5 Å². The summed E-state index contributed by atoms with van der Waals surface area (Å²) in [5, 5.41) is 2.23. The van der Waals surface area contributed by atoms with Crippen molar-refractivity contribution in [2.75, 3.05) is 6.54 Å². The number of nitrogens with one attached hydrogen (secondary N) is 1. The third-order valence-corrected chi connectivity index (χ3v) is 0.584. The molecule has 0 unspecified atom stereocenters. The zero-order chi connectivity index (χ0) is 6.57. The van der Waals surface area contributed by atoms with Gasteiger partial charge in [-0.1, -0.05) is 6.58 Å². The Morgan fingerprint density at radius 1 is 1.88 bits per heavy atom. The molecule has 1 N–H and O–H groups in total. The minimum atomic E-state index is -0.938. The molecular formula is C5H8FNO. The summed E-state index contributed by atoms with van der Waals surface area (Å²) in [5.41, 5.74) is 0. The molecule has 0 heterocycles. The van der Waals surface area contributed by atoms with E-state index in [-0.39, 0.29) is 0 Å². The van der Waals surface area contributed by atoms with Crippen LogP contribution >= 0.6 is 0 Å². The smallest absolute Gasteiger partial charge is 0.279 e. The SMILES string of the molecule is C=C(F)C(=O)NCC. The molecule has 8 heavy (non-hydrogen) atoms. The first kappa shape index (κ1) is 7.14. The summed E-state index contributed by atoms with van der Waals surface area (Å²) in [4.78, 5) is 10.2. The largest absolute Gasteiger partial charge is 0.350 e. The Kier molecular flexibility index (Phi) is 2.84. The van der Waals surface area contributed by atoms with E-state index in [4.69, 9.17) is 0 Å². The number of hydrogen-bond donors (Lipinski definition) is 1. The van der Waals surface area contributed by atoms with Gasteiger partial charge in [-0.05, 0) is 6.92 Å². The molecule has 3 heteroatoms. The van der Waals surface area contributed by atoms with Crippen LogP contribution in [0.5, 0.6) is 0 Å². The van der Waals surface area contributed by atoms with Gasteiger partial charge >= 0.3 is 0 Å². The highest BCUT2D eigenvalue weighted by Gasteiger charge is 2.00. The minimum absolute atomic E-state index is 0.432. The van der Waals surface area contributed by atoms with Crippen molar-refractivity contribution in [3.05, 3.63) is 12.4 Å². The highest BCUT2D eigenvalue weighted by Crippen LogP contribution is 1.87. The van der Waals surface area contributed by atoms with Crippen LogP contribution in [-0.2, 0) is 4.79 Å². The van der Waals surface area contributed by atoms with Gasteiger partial charge < -0.3 is 5.32 Å². The highest BCUT2D eigenvalue weighted by molar-refractivity contribution is 5.90. The molecule has 0 aromatic rings. The van der Waals surface area contributed by atoms with Crippen molar-refractivity contribution in [3.8, 4) is 0 Å². The van der Waals surface area contributed by atoms with Gasteiger partial charge in [0.25, 0.3) is 5.91 Å². The lowest BCUT2D eigenvalue weighted by Crippen LogP contribution is -2.22. The summed E-state index contributed by atoms with van der Waals surface area (Å²) in [6.45, 7) is 4.94. The molecular weight excluding hydrogens is 109 g/mol. The zero-order valence-electron chi connectivity index (χ0n) is 4.70. The number of rotatable bonds is 2. The number of halogens is 1. The molecule has 0 fully saturated rings. The van der Waals surface area contributed by atoms with Crippen molar-refractivity contribution in [1.82, 2.24) is 5.32 Å². The van der Waals surface area contributed by atoms with Gasteiger partial charge in [-0.2, -0.15) is 0 Å². The Labute approximate surface area is 47.4 Å². The van der Waals surface area contributed by atoms with E-state index in [0.29, 0.717) is 6.54 Å². The van der Waals surface area contributed by atoms with Crippen molar-refractivity contribution in [2.45, 2.75) is 6.92 Å². The standard InChI is InChI=1S/C5H8FNO/c1-3-7-5(8)4(2)6/h2-3H2,1H3,(H,7,8). The minimum Gasteiger partial charge on any atom is -0.350 e. The number of hydrogen-bond acceptors (Lipinski definition) is 1. The highest BCUT2D eigenvalue weighted by atomic mass is 19.1. The van der Waals surface area contributed by atoms with Crippen molar-refractivity contribution in [2.24, 2.45) is 0 Å². The normalized spacial score (nSPS) is 8.25. The number of carbonyl (C=O) groups excluding carboxylic acids is 1. The molecule has 46 valence electrons. The third-order valence-electron chi connectivity index (χ3n) is 0.584. The van der Waals surface area contributed by atoms with E-state index in [1.165, 1.54) is 0 Å². The molecule has 0 aliphatic heterocycles. The van der Waals surface area contributed by atoms with Crippen LogP contribution in [0.1, 0.15) is 6.92 Å². The maximum atomic E-state index is 11.7. The number of amides is 1. The summed E-state index contributed by atoms with van der Waals surface area (Å²) in [6, 6.07) is 0. The number of carbonyl (C=O) groups is 1. The second-order valence-electron chi connectivity index (χ2n) is 1.26. The second-order valence-corrected chi connectivity index (χ2v) is 1.26. The molecule has 0 saturated heterocycles. The molecule has 0 bridgehead atoms. The summed E-state index contributed by atoms with van der Waals surface area (Å²) >= 11 is 0. The molecule has 0 atom stereocenters. The van der Waals surface area contributed by atoms with Crippen LogP contribution in [0.2, 0.25) is 0 Å². The summed E-state index contributed by atoms with van der Waals surface area (Å²) in [5.74, 6) is -1.67. The molecule has 1 amide bonds. The van der Waals surface area contributed by atoms with Crippen molar-refractivity contribution in [3.63, 3.8) is 0 Å². The molecule has 0 aromatic carbocycles. The molecule has 0 aliphatic rings.